The van der Waals surface area contributed by atoms with Gasteiger partial charge in [-0.2, -0.15) is 13.2 Å². The van der Waals surface area contributed by atoms with Gasteiger partial charge >= 0.3 is 12.2 Å². The van der Waals surface area contributed by atoms with Gasteiger partial charge in [-0.25, -0.2) is 4.79 Å². The lowest BCUT2D eigenvalue weighted by atomic mass is 9.76. The number of halogens is 3. The van der Waals surface area contributed by atoms with Gasteiger partial charge in [-0.05, 0) is 50.5 Å². The summed E-state index contributed by atoms with van der Waals surface area (Å²) in [4.78, 5) is 27.5. The number of rotatable bonds is 4. The Morgan fingerprint density at radius 2 is 1.74 bits per heavy atom. The highest BCUT2D eigenvalue weighted by molar-refractivity contribution is 6.06. The van der Waals surface area contributed by atoms with E-state index in [9.17, 15) is 22.8 Å². The zero-order valence-electron chi connectivity index (χ0n) is 17.3. The highest BCUT2D eigenvalue weighted by atomic mass is 19.4. The van der Waals surface area contributed by atoms with Gasteiger partial charge in [0, 0.05) is 17.2 Å². The number of ketones is 1. The van der Waals surface area contributed by atoms with Crippen LogP contribution >= 0.6 is 0 Å². The number of allylic oxidation sites excluding steroid dienone is 1. The van der Waals surface area contributed by atoms with Crippen LogP contribution in [0.5, 0.6) is 0 Å². The number of Topliss-reactive ketones (excluding diaryl/α,β-unsaturated/α-hetero) is 1. The molecule has 0 bridgehead atoms. The Morgan fingerprint density at radius 3 is 2.32 bits per heavy atom. The summed E-state index contributed by atoms with van der Waals surface area (Å²) in [6, 6.07) is 10.9. The lowest BCUT2D eigenvalue weighted by molar-refractivity contribution is -0.137. The molecule has 2 amide bonds. The first-order chi connectivity index (χ1) is 14.7. The Hall–Kier alpha value is -3.09. The van der Waals surface area contributed by atoms with Crippen molar-refractivity contribution in [2.24, 2.45) is 5.92 Å². The summed E-state index contributed by atoms with van der Waals surface area (Å²) in [5.74, 6) is -0.164. The molecule has 1 heterocycles. The smallest absolute Gasteiger partial charge is 0.326 e. The third-order valence-electron chi connectivity index (χ3n) is 6.07. The molecular weight excluding hydrogens is 405 g/mol. The molecule has 1 aliphatic carbocycles. The van der Waals surface area contributed by atoms with E-state index in [1.807, 2.05) is 31.2 Å². The van der Waals surface area contributed by atoms with E-state index in [4.69, 9.17) is 0 Å². The molecule has 0 radical (unpaired) electrons. The van der Waals surface area contributed by atoms with Crippen LogP contribution in [0, 0.1) is 12.8 Å². The second-order valence-electron chi connectivity index (χ2n) is 8.17. The van der Waals surface area contributed by atoms with Gasteiger partial charge < -0.3 is 5.32 Å². The molecular formula is C24H23F3N2O2. The van der Waals surface area contributed by atoms with Crippen LogP contribution in [0.25, 0.3) is 0 Å². The minimum absolute atomic E-state index is 0.0497. The molecule has 0 saturated heterocycles. The molecule has 1 saturated carbocycles. The number of hydrogen-bond donors (Lipinski definition) is 1. The minimum Gasteiger partial charge on any atom is -0.326 e. The van der Waals surface area contributed by atoms with Gasteiger partial charge in [0.05, 0.1) is 17.3 Å². The summed E-state index contributed by atoms with van der Waals surface area (Å²) < 4.78 is 39.7. The summed E-state index contributed by atoms with van der Waals surface area (Å²) in [6.45, 7) is 3.58. The number of urea groups is 1. The standard InChI is InChI=1S/C24H23F3N2O2/c1-14-9-11-16(12-10-14)21-20(22(30)17-5-3-6-17)15(2)29(23(31)28-21)19-8-4-7-18(13-19)24(25,26)27/h4,7-13,17,21H,3,5-6H2,1-2H3,(H,28,31)/t21-/m1/s1. The van der Waals surface area contributed by atoms with Crippen molar-refractivity contribution in [2.75, 3.05) is 4.90 Å². The number of nitrogens with one attached hydrogen (secondary N) is 1. The molecule has 162 valence electrons. The van der Waals surface area contributed by atoms with Gasteiger partial charge in [-0.15, -0.1) is 0 Å². The van der Waals surface area contributed by atoms with Crippen LogP contribution in [0.15, 0.2) is 59.8 Å². The van der Waals surface area contributed by atoms with Gasteiger partial charge in [0.1, 0.15) is 0 Å². The normalized spacial score (nSPS) is 19.8. The van der Waals surface area contributed by atoms with E-state index in [1.165, 1.54) is 17.0 Å². The van der Waals surface area contributed by atoms with Crippen LogP contribution in [0.1, 0.15) is 48.9 Å². The zero-order chi connectivity index (χ0) is 22.3. The highest BCUT2D eigenvalue weighted by Crippen LogP contribution is 2.40. The van der Waals surface area contributed by atoms with E-state index in [2.05, 4.69) is 5.32 Å². The summed E-state index contributed by atoms with van der Waals surface area (Å²) in [5.41, 5.74) is 1.84. The third kappa shape index (κ3) is 3.96. The van der Waals surface area contributed by atoms with Crippen molar-refractivity contribution in [3.8, 4) is 0 Å². The maximum Gasteiger partial charge on any atom is 0.416 e. The Balaban J connectivity index is 1.82. The molecule has 2 aliphatic rings. The fourth-order valence-corrected chi connectivity index (χ4v) is 4.09. The Bertz CT molecular complexity index is 1050. The SMILES string of the molecule is CC1=C(C(=O)C2CCC2)[C@@H](c2ccc(C)cc2)NC(=O)N1c1cccc(C(F)(F)F)c1. The number of carbonyl (C=O) groups excluding carboxylic acids is 2. The molecule has 4 rings (SSSR count). The first kappa shape index (κ1) is 21.2. The fourth-order valence-electron chi connectivity index (χ4n) is 4.09. The number of hydrogen-bond acceptors (Lipinski definition) is 2. The van der Waals surface area contributed by atoms with Crippen molar-refractivity contribution in [2.45, 2.75) is 45.3 Å². The highest BCUT2D eigenvalue weighted by Gasteiger charge is 2.40. The van der Waals surface area contributed by atoms with Crippen molar-refractivity contribution in [3.63, 3.8) is 0 Å². The van der Waals surface area contributed by atoms with Gasteiger partial charge in [0.15, 0.2) is 5.78 Å². The monoisotopic (exact) mass is 428 g/mol. The largest absolute Gasteiger partial charge is 0.416 e. The molecule has 31 heavy (non-hydrogen) atoms. The van der Waals surface area contributed by atoms with E-state index >= 15 is 0 Å². The van der Waals surface area contributed by atoms with E-state index in [0.717, 1.165) is 42.5 Å². The maximum atomic E-state index is 13.3. The predicted octanol–water partition coefficient (Wildman–Crippen LogP) is 5.93. The van der Waals surface area contributed by atoms with Crippen LogP contribution in [-0.2, 0) is 11.0 Å². The van der Waals surface area contributed by atoms with Crippen LogP contribution in [-0.4, -0.2) is 11.8 Å². The lowest BCUT2D eigenvalue weighted by Gasteiger charge is -2.38. The number of benzene rings is 2. The average Bonchev–Trinajstić information content (AvgIpc) is 2.66. The molecule has 1 fully saturated rings. The van der Waals surface area contributed by atoms with Crippen molar-refractivity contribution < 1.29 is 22.8 Å². The van der Waals surface area contributed by atoms with Crippen LogP contribution < -0.4 is 10.2 Å². The van der Waals surface area contributed by atoms with Gasteiger partial charge in [-0.1, -0.05) is 42.3 Å². The molecule has 0 unspecified atom stereocenters. The molecule has 1 N–H and O–H groups in total. The number of nitrogens with zero attached hydrogens (tertiary/aromatic N) is 1. The number of amides is 2. The zero-order valence-corrected chi connectivity index (χ0v) is 17.3. The van der Waals surface area contributed by atoms with Crippen LogP contribution in [0.4, 0.5) is 23.7 Å². The van der Waals surface area contributed by atoms with Gasteiger partial charge in [0.25, 0.3) is 0 Å². The topological polar surface area (TPSA) is 49.4 Å². The number of aryl methyl sites for hydroxylation is 1. The Labute approximate surface area is 178 Å². The maximum absolute atomic E-state index is 13.3. The number of anilines is 1. The predicted molar refractivity (Wildman–Crippen MR) is 111 cm³/mol. The van der Waals surface area contributed by atoms with E-state index < -0.39 is 23.8 Å². The first-order valence-corrected chi connectivity index (χ1v) is 10.3. The summed E-state index contributed by atoms with van der Waals surface area (Å²) in [7, 11) is 0. The average molecular weight is 428 g/mol. The van der Waals surface area contributed by atoms with Gasteiger partial charge in [-0.3, -0.25) is 9.69 Å². The molecule has 1 atom stereocenters. The van der Waals surface area contributed by atoms with E-state index in [0.29, 0.717) is 11.3 Å². The van der Waals surface area contributed by atoms with E-state index in [-0.39, 0.29) is 17.4 Å². The third-order valence-corrected chi connectivity index (χ3v) is 6.07. The molecule has 1 aliphatic heterocycles. The second-order valence-corrected chi connectivity index (χ2v) is 8.17. The number of carbonyl (C=O) groups is 2. The summed E-state index contributed by atoms with van der Waals surface area (Å²) >= 11 is 0. The van der Waals surface area contributed by atoms with Crippen LogP contribution in [0.2, 0.25) is 0 Å². The molecule has 0 spiro atoms. The van der Waals surface area contributed by atoms with Crippen LogP contribution in [0.3, 0.4) is 0 Å². The van der Waals surface area contributed by atoms with Crippen molar-refractivity contribution >= 4 is 17.5 Å². The first-order valence-electron chi connectivity index (χ1n) is 10.3. The summed E-state index contributed by atoms with van der Waals surface area (Å²) in [5, 5.41) is 2.85. The molecule has 2 aromatic carbocycles. The van der Waals surface area contributed by atoms with Crippen molar-refractivity contribution in [3.05, 3.63) is 76.5 Å². The molecule has 7 heteroatoms. The number of alkyl halides is 3. The second kappa shape index (κ2) is 7.87. The van der Waals surface area contributed by atoms with Crippen molar-refractivity contribution in [1.82, 2.24) is 5.32 Å². The van der Waals surface area contributed by atoms with E-state index in [1.54, 1.807) is 6.92 Å². The Kier molecular flexibility index (Phi) is 5.37. The molecule has 2 aromatic rings. The lowest BCUT2D eigenvalue weighted by Crippen LogP contribution is -2.49. The Morgan fingerprint density at radius 1 is 1.06 bits per heavy atom. The fraction of sp³-hybridized carbons (Fsp3) is 0.333. The molecule has 0 aromatic heterocycles. The molecule has 4 nitrogen and oxygen atoms in total. The van der Waals surface area contributed by atoms with Crippen molar-refractivity contribution in [1.29, 1.82) is 0 Å². The van der Waals surface area contributed by atoms with Gasteiger partial charge in [0.2, 0.25) is 0 Å². The quantitative estimate of drug-likeness (QED) is 0.656. The minimum atomic E-state index is -4.53. The summed E-state index contributed by atoms with van der Waals surface area (Å²) in [6.07, 6.45) is -1.99.